The number of rotatable bonds is 6. The van der Waals surface area contributed by atoms with Crippen molar-refractivity contribution in [3.63, 3.8) is 0 Å². The summed E-state index contributed by atoms with van der Waals surface area (Å²) < 4.78 is 45.7. The zero-order valence-electron chi connectivity index (χ0n) is 15.4. The topological polar surface area (TPSA) is 72.1 Å². The van der Waals surface area contributed by atoms with Crippen LogP contribution in [0.1, 0.15) is 18.4 Å². The number of benzene rings is 1. The van der Waals surface area contributed by atoms with Crippen LogP contribution in [-0.2, 0) is 11.3 Å². The summed E-state index contributed by atoms with van der Waals surface area (Å²) >= 11 is 0. The standard InChI is InChI=1S/C17H25F3N4O2.HI/c1-24(2)16(7-9-25-10-8-16)12-23-15(21)22-11-13-3-5-14(6-4-13)26-17(18,19)20;/h3-6H,7-12H2,1-2H3,(H3,21,22,23);1H. The summed E-state index contributed by atoms with van der Waals surface area (Å²) in [7, 11) is 4.07. The number of guanidine groups is 1. The molecule has 0 amide bonds. The van der Waals surface area contributed by atoms with Gasteiger partial charge in [-0.05, 0) is 44.6 Å². The molecule has 3 N–H and O–H groups in total. The minimum Gasteiger partial charge on any atom is -0.406 e. The molecule has 2 rings (SSSR count). The van der Waals surface area contributed by atoms with Gasteiger partial charge in [-0.2, -0.15) is 0 Å². The van der Waals surface area contributed by atoms with Crippen molar-refractivity contribution in [3.05, 3.63) is 29.8 Å². The highest BCUT2D eigenvalue weighted by Crippen LogP contribution is 2.25. The maximum Gasteiger partial charge on any atom is 0.573 e. The smallest absolute Gasteiger partial charge is 0.406 e. The lowest BCUT2D eigenvalue weighted by molar-refractivity contribution is -0.274. The van der Waals surface area contributed by atoms with Crippen LogP contribution in [0.4, 0.5) is 13.2 Å². The molecule has 0 saturated carbocycles. The van der Waals surface area contributed by atoms with E-state index in [4.69, 9.17) is 10.5 Å². The average Bonchev–Trinajstić information content (AvgIpc) is 2.59. The number of ether oxygens (including phenoxy) is 2. The molecule has 1 heterocycles. The molecule has 0 bridgehead atoms. The fourth-order valence-electron chi connectivity index (χ4n) is 2.82. The highest BCUT2D eigenvalue weighted by atomic mass is 127. The van der Waals surface area contributed by atoms with Crippen LogP contribution in [0.5, 0.6) is 5.75 Å². The van der Waals surface area contributed by atoms with Gasteiger partial charge >= 0.3 is 6.36 Å². The predicted octanol–water partition coefficient (Wildman–Crippen LogP) is 2.72. The fraction of sp³-hybridized carbons (Fsp3) is 0.588. The van der Waals surface area contributed by atoms with E-state index in [2.05, 4.69) is 19.9 Å². The lowest BCUT2D eigenvalue weighted by Crippen LogP contribution is -2.56. The number of aliphatic imine (C=N–C) groups is 1. The lowest BCUT2D eigenvalue weighted by Gasteiger charge is -2.43. The number of likely N-dealkylation sites (N-methyl/N-ethyl adjacent to an activating group) is 1. The van der Waals surface area contributed by atoms with Gasteiger partial charge in [0.1, 0.15) is 5.75 Å². The number of alkyl halides is 3. The summed E-state index contributed by atoms with van der Waals surface area (Å²) in [6.07, 6.45) is -2.89. The van der Waals surface area contributed by atoms with E-state index in [0.717, 1.165) is 18.4 Å². The number of hydrogen-bond donors (Lipinski definition) is 2. The molecule has 0 aromatic heterocycles. The predicted molar refractivity (Wildman–Crippen MR) is 108 cm³/mol. The van der Waals surface area contributed by atoms with Gasteiger partial charge in [0, 0.05) is 25.3 Å². The Kier molecular flexibility index (Phi) is 9.09. The first-order valence-corrected chi connectivity index (χ1v) is 8.34. The molecule has 154 valence electrons. The Labute approximate surface area is 174 Å². The summed E-state index contributed by atoms with van der Waals surface area (Å²) in [6, 6.07) is 5.56. The second kappa shape index (κ2) is 10.3. The van der Waals surface area contributed by atoms with Crippen LogP contribution in [0.15, 0.2) is 29.3 Å². The molecular weight excluding hydrogens is 476 g/mol. The summed E-state index contributed by atoms with van der Waals surface area (Å²) in [6.45, 7) is 2.34. The molecule has 1 aliphatic heterocycles. The number of nitrogens with one attached hydrogen (secondary N) is 1. The van der Waals surface area contributed by atoms with Crippen molar-refractivity contribution in [2.45, 2.75) is 31.3 Å². The van der Waals surface area contributed by atoms with Crippen molar-refractivity contribution < 1.29 is 22.6 Å². The van der Waals surface area contributed by atoms with Crippen molar-refractivity contribution in [1.82, 2.24) is 10.2 Å². The monoisotopic (exact) mass is 502 g/mol. The normalized spacial score (nSPS) is 17.3. The number of nitrogens with zero attached hydrogens (tertiary/aromatic N) is 2. The van der Waals surface area contributed by atoms with Gasteiger partial charge in [0.2, 0.25) is 0 Å². The molecule has 0 atom stereocenters. The van der Waals surface area contributed by atoms with Crippen LogP contribution in [-0.4, -0.2) is 56.6 Å². The SMILES string of the molecule is CN(C)C1(CNC(N)=NCc2ccc(OC(F)(F)F)cc2)CCOCC1.I. The van der Waals surface area contributed by atoms with Crippen LogP contribution in [0, 0.1) is 0 Å². The maximum absolute atomic E-state index is 12.1. The molecule has 6 nitrogen and oxygen atoms in total. The van der Waals surface area contributed by atoms with Gasteiger partial charge in [0.25, 0.3) is 0 Å². The molecule has 1 saturated heterocycles. The van der Waals surface area contributed by atoms with Crippen molar-refractivity contribution in [1.29, 1.82) is 0 Å². The Morgan fingerprint density at radius 2 is 1.85 bits per heavy atom. The quantitative estimate of drug-likeness (QED) is 0.356. The van der Waals surface area contributed by atoms with Crippen LogP contribution in [0.2, 0.25) is 0 Å². The van der Waals surface area contributed by atoms with Gasteiger partial charge in [-0.1, -0.05) is 12.1 Å². The van der Waals surface area contributed by atoms with E-state index in [1.807, 2.05) is 14.1 Å². The van der Waals surface area contributed by atoms with E-state index in [1.54, 1.807) is 0 Å². The van der Waals surface area contributed by atoms with Gasteiger partial charge in [0.05, 0.1) is 6.54 Å². The first-order valence-electron chi connectivity index (χ1n) is 8.34. The minimum absolute atomic E-state index is 0. The summed E-state index contributed by atoms with van der Waals surface area (Å²) in [5.74, 6) is 0.0390. The van der Waals surface area contributed by atoms with Crippen molar-refractivity contribution in [3.8, 4) is 5.75 Å². The third kappa shape index (κ3) is 7.70. The van der Waals surface area contributed by atoms with Gasteiger partial charge < -0.3 is 25.4 Å². The molecule has 0 aliphatic carbocycles. The zero-order valence-corrected chi connectivity index (χ0v) is 17.7. The Hall–Kier alpha value is -1.27. The second-order valence-corrected chi connectivity index (χ2v) is 6.48. The molecule has 1 aromatic rings. The second-order valence-electron chi connectivity index (χ2n) is 6.48. The summed E-state index contributed by atoms with van der Waals surface area (Å²) in [4.78, 5) is 6.42. The molecule has 0 spiro atoms. The van der Waals surface area contributed by atoms with Gasteiger partial charge in [-0.15, -0.1) is 37.1 Å². The van der Waals surface area contributed by atoms with E-state index in [-0.39, 0.29) is 41.8 Å². The van der Waals surface area contributed by atoms with Crippen molar-refractivity contribution in [2.24, 2.45) is 10.7 Å². The first-order chi connectivity index (χ1) is 12.2. The van der Waals surface area contributed by atoms with Crippen LogP contribution in [0.3, 0.4) is 0 Å². The highest BCUT2D eigenvalue weighted by Gasteiger charge is 2.34. The Morgan fingerprint density at radius 1 is 1.26 bits per heavy atom. The van der Waals surface area contributed by atoms with Gasteiger partial charge in [-0.3, -0.25) is 0 Å². The zero-order chi connectivity index (χ0) is 19.2. The summed E-state index contributed by atoms with van der Waals surface area (Å²) in [5, 5.41) is 3.14. The maximum atomic E-state index is 12.1. The minimum atomic E-state index is -4.69. The van der Waals surface area contributed by atoms with Crippen LogP contribution in [0.25, 0.3) is 0 Å². The Bertz CT molecular complexity index is 603. The van der Waals surface area contributed by atoms with E-state index in [9.17, 15) is 13.2 Å². The van der Waals surface area contributed by atoms with E-state index >= 15 is 0 Å². The number of hydrogen-bond acceptors (Lipinski definition) is 4. The molecule has 0 radical (unpaired) electrons. The molecule has 10 heteroatoms. The molecule has 0 unspecified atom stereocenters. The first kappa shape index (κ1) is 23.8. The van der Waals surface area contributed by atoms with E-state index in [1.165, 1.54) is 24.3 Å². The number of halogens is 4. The summed E-state index contributed by atoms with van der Waals surface area (Å²) in [5.41, 5.74) is 6.63. The fourth-order valence-corrected chi connectivity index (χ4v) is 2.82. The molecule has 1 fully saturated rings. The molecular formula is C17H26F3IN4O2. The van der Waals surface area contributed by atoms with Crippen LogP contribution >= 0.6 is 24.0 Å². The highest BCUT2D eigenvalue weighted by molar-refractivity contribution is 14.0. The number of nitrogens with two attached hydrogens (primary N) is 1. The molecule has 1 aromatic carbocycles. The Morgan fingerprint density at radius 3 is 2.37 bits per heavy atom. The van der Waals surface area contributed by atoms with Crippen molar-refractivity contribution in [2.75, 3.05) is 33.9 Å². The van der Waals surface area contributed by atoms with Gasteiger partial charge in [0.15, 0.2) is 5.96 Å². The molecule has 1 aliphatic rings. The Balaban J connectivity index is 0.00000364. The van der Waals surface area contributed by atoms with E-state index in [0.29, 0.717) is 25.7 Å². The third-order valence-electron chi connectivity index (χ3n) is 4.56. The van der Waals surface area contributed by atoms with Crippen molar-refractivity contribution >= 4 is 29.9 Å². The van der Waals surface area contributed by atoms with Crippen LogP contribution < -0.4 is 15.8 Å². The largest absolute Gasteiger partial charge is 0.573 e. The molecule has 27 heavy (non-hydrogen) atoms. The van der Waals surface area contributed by atoms with Gasteiger partial charge in [-0.25, -0.2) is 4.99 Å². The lowest BCUT2D eigenvalue weighted by atomic mass is 9.88. The average molecular weight is 502 g/mol. The van der Waals surface area contributed by atoms with E-state index < -0.39 is 6.36 Å². The third-order valence-corrected chi connectivity index (χ3v) is 4.56.